The normalized spacial score (nSPS) is 14.4. The SMILES string of the molecule is CC[C@@H](CC(=O)N[C@@H](COC(C)(C)C)C(=O)O)NC(=O)OCC1c2ccccc2-c2ccccc21. The molecule has 3 N–H and O–H groups in total. The second-order valence-corrected chi connectivity index (χ2v) is 9.66. The van der Waals surface area contributed by atoms with Crippen molar-refractivity contribution in [1.82, 2.24) is 10.6 Å². The first-order chi connectivity index (χ1) is 16.6. The zero-order valence-electron chi connectivity index (χ0n) is 20.7. The number of carboxylic acids is 1. The molecule has 0 fully saturated rings. The van der Waals surface area contributed by atoms with E-state index in [2.05, 4.69) is 22.8 Å². The molecule has 35 heavy (non-hydrogen) atoms. The highest BCUT2D eigenvalue weighted by molar-refractivity contribution is 5.84. The largest absolute Gasteiger partial charge is 0.480 e. The van der Waals surface area contributed by atoms with Crippen molar-refractivity contribution in [3.05, 3.63) is 59.7 Å². The minimum Gasteiger partial charge on any atom is -0.480 e. The van der Waals surface area contributed by atoms with Crippen molar-refractivity contribution >= 4 is 18.0 Å². The maximum atomic E-state index is 12.5. The molecule has 8 heteroatoms. The van der Waals surface area contributed by atoms with Crippen LogP contribution in [0.4, 0.5) is 4.79 Å². The number of benzene rings is 2. The van der Waals surface area contributed by atoms with Crippen LogP contribution < -0.4 is 10.6 Å². The number of fused-ring (bicyclic) bond motifs is 3. The Morgan fingerprint density at radius 3 is 2.06 bits per heavy atom. The van der Waals surface area contributed by atoms with Gasteiger partial charge in [0.1, 0.15) is 6.61 Å². The van der Waals surface area contributed by atoms with Crippen LogP contribution in [0.15, 0.2) is 48.5 Å². The van der Waals surface area contributed by atoms with E-state index in [1.807, 2.05) is 43.3 Å². The van der Waals surface area contributed by atoms with Gasteiger partial charge in [-0.05, 0) is 49.4 Å². The van der Waals surface area contributed by atoms with Gasteiger partial charge in [0.2, 0.25) is 5.91 Å². The van der Waals surface area contributed by atoms with Gasteiger partial charge in [-0.15, -0.1) is 0 Å². The molecule has 2 aromatic carbocycles. The van der Waals surface area contributed by atoms with Crippen molar-refractivity contribution in [1.29, 1.82) is 0 Å². The maximum absolute atomic E-state index is 12.5. The van der Waals surface area contributed by atoms with E-state index in [1.54, 1.807) is 20.8 Å². The van der Waals surface area contributed by atoms with Gasteiger partial charge in [0.25, 0.3) is 0 Å². The molecule has 1 aliphatic carbocycles. The molecular weight excluding hydrogens is 448 g/mol. The standard InChI is InChI=1S/C27H34N2O6/c1-5-17(14-24(30)29-23(25(31)32)16-35-27(2,3)4)28-26(33)34-15-22-20-12-8-6-10-18(20)19-11-7-9-13-21(19)22/h6-13,17,22-23H,5,14-16H2,1-4H3,(H,28,33)(H,29,30)(H,31,32)/t17-,23-/m0/s1. The monoisotopic (exact) mass is 482 g/mol. The Balaban J connectivity index is 1.53. The summed E-state index contributed by atoms with van der Waals surface area (Å²) in [7, 11) is 0. The third kappa shape index (κ3) is 7.05. The van der Waals surface area contributed by atoms with Crippen molar-refractivity contribution in [3.8, 4) is 11.1 Å². The Morgan fingerprint density at radius 1 is 0.971 bits per heavy atom. The van der Waals surface area contributed by atoms with Crippen LogP contribution in [0.3, 0.4) is 0 Å². The fourth-order valence-corrected chi connectivity index (χ4v) is 4.09. The van der Waals surface area contributed by atoms with Crippen molar-refractivity contribution in [2.45, 2.75) is 64.1 Å². The summed E-state index contributed by atoms with van der Waals surface area (Å²) >= 11 is 0. The quantitative estimate of drug-likeness (QED) is 0.470. The molecule has 3 rings (SSSR count). The average molecular weight is 483 g/mol. The molecule has 0 heterocycles. The van der Waals surface area contributed by atoms with Crippen molar-refractivity contribution < 1.29 is 29.0 Å². The van der Waals surface area contributed by atoms with Crippen molar-refractivity contribution in [2.75, 3.05) is 13.2 Å². The molecule has 0 bridgehead atoms. The zero-order valence-corrected chi connectivity index (χ0v) is 20.7. The van der Waals surface area contributed by atoms with Gasteiger partial charge in [-0.2, -0.15) is 0 Å². The second-order valence-electron chi connectivity index (χ2n) is 9.66. The first-order valence-corrected chi connectivity index (χ1v) is 11.9. The highest BCUT2D eigenvalue weighted by Gasteiger charge is 2.29. The molecule has 0 spiro atoms. The lowest BCUT2D eigenvalue weighted by atomic mass is 9.98. The van der Waals surface area contributed by atoms with Gasteiger partial charge >= 0.3 is 12.1 Å². The number of hydrogen-bond acceptors (Lipinski definition) is 5. The molecular formula is C27H34N2O6. The maximum Gasteiger partial charge on any atom is 0.407 e. The van der Waals surface area contributed by atoms with E-state index in [4.69, 9.17) is 9.47 Å². The fourth-order valence-electron chi connectivity index (χ4n) is 4.09. The second kappa shape index (κ2) is 11.4. The van der Waals surface area contributed by atoms with Crippen LogP contribution in [-0.4, -0.2) is 54.0 Å². The number of carbonyl (C=O) groups is 3. The molecule has 0 saturated heterocycles. The minimum absolute atomic E-state index is 0.0596. The number of rotatable bonds is 10. The fraction of sp³-hybridized carbons (Fsp3) is 0.444. The first-order valence-electron chi connectivity index (χ1n) is 11.9. The van der Waals surface area contributed by atoms with E-state index < -0.39 is 35.7 Å². The summed E-state index contributed by atoms with van der Waals surface area (Å²) in [6.07, 6.45) is -0.203. The predicted octanol–water partition coefficient (Wildman–Crippen LogP) is 4.08. The Morgan fingerprint density at radius 2 is 1.54 bits per heavy atom. The summed E-state index contributed by atoms with van der Waals surface area (Å²) < 4.78 is 11.0. The number of carboxylic acid groups (broad SMARTS) is 1. The van der Waals surface area contributed by atoms with Gasteiger partial charge in [-0.1, -0.05) is 55.5 Å². The van der Waals surface area contributed by atoms with Crippen molar-refractivity contribution in [3.63, 3.8) is 0 Å². The average Bonchev–Trinajstić information content (AvgIpc) is 3.13. The minimum atomic E-state index is -1.18. The van der Waals surface area contributed by atoms with Crippen LogP contribution in [0.5, 0.6) is 0 Å². The van der Waals surface area contributed by atoms with Crippen LogP contribution in [0.1, 0.15) is 57.6 Å². The predicted molar refractivity (Wildman–Crippen MR) is 132 cm³/mol. The molecule has 0 unspecified atom stereocenters. The van der Waals surface area contributed by atoms with E-state index in [-0.39, 0.29) is 25.6 Å². The Kier molecular flexibility index (Phi) is 8.51. The van der Waals surface area contributed by atoms with E-state index >= 15 is 0 Å². The number of aliphatic carboxylic acids is 1. The van der Waals surface area contributed by atoms with Gasteiger partial charge in [-0.3, -0.25) is 4.79 Å². The van der Waals surface area contributed by atoms with Gasteiger partial charge in [-0.25, -0.2) is 9.59 Å². The summed E-state index contributed by atoms with van der Waals surface area (Å²) in [5.41, 5.74) is 3.98. The lowest BCUT2D eigenvalue weighted by Gasteiger charge is -2.24. The molecule has 2 atom stereocenters. The number of alkyl carbamates (subject to hydrolysis) is 1. The molecule has 0 aromatic heterocycles. The lowest BCUT2D eigenvalue weighted by molar-refractivity contribution is -0.145. The third-order valence-corrected chi connectivity index (χ3v) is 5.91. The van der Waals surface area contributed by atoms with E-state index in [0.29, 0.717) is 6.42 Å². The smallest absolute Gasteiger partial charge is 0.407 e. The molecule has 188 valence electrons. The summed E-state index contributed by atoms with van der Waals surface area (Å²) in [6, 6.07) is 14.5. The van der Waals surface area contributed by atoms with Gasteiger partial charge in [0.05, 0.1) is 12.2 Å². The summed E-state index contributed by atoms with van der Waals surface area (Å²) in [6.45, 7) is 7.27. The molecule has 0 saturated carbocycles. The molecule has 2 aromatic rings. The number of amides is 2. The summed E-state index contributed by atoms with van der Waals surface area (Å²) in [5.74, 6) is -1.73. The molecule has 2 amide bonds. The third-order valence-electron chi connectivity index (χ3n) is 5.91. The Bertz CT molecular complexity index is 1020. The van der Waals surface area contributed by atoms with Crippen LogP contribution in [0, 0.1) is 0 Å². The highest BCUT2D eigenvalue weighted by atomic mass is 16.5. The number of nitrogens with one attached hydrogen (secondary N) is 2. The molecule has 0 aliphatic heterocycles. The van der Waals surface area contributed by atoms with Crippen LogP contribution in [-0.2, 0) is 19.1 Å². The Hall–Kier alpha value is -3.39. The molecule has 8 nitrogen and oxygen atoms in total. The summed E-state index contributed by atoms with van der Waals surface area (Å²) in [5, 5.41) is 14.6. The highest BCUT2D eigenvalue weighted by Crippen LogP contribution is 2.44. The van der Waals surface area contributed by atoms with Gasteiger partial charge < -0.3 is 25.2 Å². The van der Waals surface area contributed by atoms with Crippen molar-refractivity contribution in [2.24, 2.45) is 0 Å². The lowest BCUT2D eigenvalue weighted by Crippen LogP contribution is -2.47. The zero-order chi connectivity index (χ0) is 25.6. The number of carbonyl (C=O) groups excluding carboxylic acids is 2. The summed E-state index contributed by atoms with van der Waals surface area (Å²) in [4.78, 5) is 36.5. The first kappa shape index (κ1) is 26.2. The van der Waals surface area contributed by atoms with E-state index in [1.165, 1.54) is 0 Å². The Labute approximate surface area is 206 Å². The van der Waals surface area contributed by atoms with Gasteiger partial charge in [0.15, 0.2) is 6.04 Å². The van der Waals surface area contributed by atoms with Crippen LogP contribution in [0.25, 0.3) is 11.1 Å². The topological polar surface area (TPSA) is 114 Å². The van der Waals surface area contributed by atoms with E-state index in [9.17, 15) is 19.5 Å². The van der Waals surface area contributed by atoms with Crippen LogP contribution >= 0.6 is 0 Å². The number of hydrogen-bond donors (Lipinski definition) is 3. The molecule has 1 aliphatic rings. The van der Waals surface area contributed by atoms with E-state index in [0.717, 1.165) is 22.3 Å². The molecule has 0 radical (unpaired) electrons. The number of ether oxygens (including phenoxy) is 2. The van der Waals surface area contributed by atoms with Gasteiger partial charge in [0, 0.05) is 18.4 Å². The van der Waals surface area contributed by atoms with Crippen LogP contribution in [0.2, 0.25) is 0 Å².